The minimum atomic E-state index is -0.421. The summed E-state index contributed by atoms with van der Waals surface area (Å²) in [5.41, 5.74) is 3.74. The topological polar surface area (TPSA) is 54.7 Å². The Kier molecular flexibility index (Phi) is 5.50. The van der Waals surface area contributed by atoms with Crippen molar-refractivity contribution >= 4 is 17.3 Å². The van der Waals surface area contributed by atoms with Gasteiger partial charge in [-0.05, 0) is 49.1 Å². The third-order valence-corrected chi connectivity index (χ3v) is 6.25. The number of aryl methyl sites for hydroxylation is 1. The van der Waals surface area contributed by atoms with E-state index in [9.17, 15) is 14.0 Å². The highest BCUT2D eigenvalue weighted by atomic mass is 19.1. The quantitative estimate of drug-likeness (QED) is 0.410. The molecule has 1 fully saturated rings. The maximum atomic E-state index is 14.8. The number of ketones is 1. The summed E-state index contributed by atoms with van der Waals surface area (Å²) < 4.78 is 16.6. The van der Waals surface area contributed by atoms with Gasteiger partial charge in [-0.15, -0.1) is 0 Å². The lowest BCUT2D eigenvalue weighted by atomic mass is 9.89. The van der Waals surface area contributed by atoms with Crippen molar-refractivity contribution in [2.75, 3.05) is 13.1 Å². The summed E-state index contributed by atoms with van der Waals surface area (Å²) in [5, 5.41) is 0. The Balaban J connectivity index is 1.33. The van der Waals surface area contributed by atoms with Crippen LogP contribution in [-0.4, -0.2) is 39.1 Å². The van der Waals surface area contributed by atoms with Gasteiger partial charge in [0.05, 0.1) is 0 Å². The molecule has 0 radical (unpaired) electrons. The molecule has 33 heavy (non-hydrogen) atoms. The Morgan fingerprint density at radius 1 is 1.06 bits per heavy atom. The van der Waals surface area contributed by atoms with Crippen LogP contribution in [0.4, 0.5) is 4.39 Å². The van der Waals surface area contributed by atoms with Gasteiger partial charge in [0.25, 0.3) is 5.91 Å². The molecular weight excluding hydrogens is 417 g/mol. The van der Waals surface area contributed by atoms with Crippen molar-refractivity contribution in [1.29, 1.82) is 0 Å². The second kappa shape index (κ2) is 8.62. The van der Waals surface area contributed by atoms with Crippen LogP contribution < -0.4 is 0 Å². The van der Waals surface area contributed by atoms with E-state index in [1.807, 2.05) is 60.0 Å². The Bertz CT molecular complexity index is 1350. The van der Waals surface area contributed by atoms with E-state index in [4.69, 9.17) is 0 Å². The van der Waals surface area contributed by atoms with Crippen LogP contribution in [0.15, 0.2) is 73.1 Å². The molecule has 0 N–H and O–H groups in total. The highest BCUT2D eigenvalue weighted by Crippen LogP contribution is 2.27. The number of benzene rings is 2. The van der Waals surface area contributed by atoms with Crippen molar-refractivity contribution in [2.45, 2.75) is 19.8 Å². The van der Waals surface area contributed by atoms with Gasteiger partial charge in [0.2, 0.25) is 0 Å². The number of rotatable bonds is 4. The minimum Gasteiger partial charge on any atom is -0.337 e. The van der Waals surface area contributed by atoms with Crippen molar-refractivity contribution in [2.24, 2.45) is 5.92 Å². The standard InChI is InChI=1S/C27H24FN3O2/c1-18-11-13-30-17-24(29-25(30)14-18)27(33)31-12-5-8-21(16-31)26(32)20-9-10-22(23(28)15-20)19-6-3-2-4-7-19/h2-4,6-7,9-11,13-15,17,21H,5,8,12,16H2,1H3/t21-/m1/s1. The summed E-state index contributed by atoms with van der Waals surface area (Å²) in [6, 6.07) is 17.8. The molecular formula is C27H24FN3O2. The first-order chi connectivity index (χ1) is 16.0. The van der Waals surface area contributed by atoms with E-state index in [1.54, 1.807) is 23.2 Å². The maximum Gasteiger partial charge on any atom is 0.274 e. The lowest BCUT2D eigenvalue weighted by Gasteiger charge is -2.31. The van der Waals surface area contributed by atoms with E-state index in [1.165, 1.54) is 6.07 Å². The molecule has 1 atom stereocenters. The van der Waals surface area contributed by atoms with Gasteiger partial charge in [-0.3, -0.25) is 9.59 Å². The van der Waals surface area contributed by atoms with Crippen LogP contribution in [0, 0.1) is 18.7 Å². The first-order valence-corrected chi connectivity index (χ1v) is 11.1. The molecule has 2 aromatic carbocycles. The van der Waals surface area contributed by atoms with Crippen molar-refractivity contribution in [3.63, 3.8) is 0 Å². The molecule has 5 rings (SSSR count). The zero-order chi connectivity index (χ0) is 22.9. The molecule has 4 aromatic rings. The number of Topliss-reactive ketones (excluding diaryl/α,β-unsaturated/α-hetero) is 1. The number of fused-ring (bicyclic) bond motifs is 1. The van der Waals surface area contributed by atoms with Crippen LogP contribution in [0.3, 0.4) is 0 Å². The molecule has 0 aliphatic carbocycles. The number of halogens is 1. The molecule has 0 spiro atoms. The largest absolute Gasteiger partial charge is 0.337 e. The number of pyridine rings is 1. The molecule has 166 valence electrons. The van der Waals surface area contributed by atoms with Gasteiger partial charge in [0.15, 0.2) is 5.78 Å². The molecule has 5 nitrogen and oxygen atoms in total. The second-order valence-corrected chi connectivity index (χ2v) is 8.61. The number of hydrogen-bond acceptors (Lipinski definition) is 3. The maximum absolute atomic E-state index is 14.8. The van der Waals surface area contributed by atoms with Crippen LogP contribution in [0.5, 0.6) is 0 Å². The van der Waals surface area contributed by atoms with Gasteiger partial charge in [-0.1, -0.05) is 42.5 Å². The second-order valence-electron chi connectivity index (χ2n) is 8.61. The summed E-state index contributed by atoms with van der Waals surface area (Å²) >= 11 is 0. The highest BCUT2D eigenvalue weighted by molar-refractivity contribution is 5.99. The van der Waals surface area contributed by atoms with Gasteiger partial charge in [-0.2, -0.15) is 0 Å². The number of carbonyl (C=O) groups excluding carboxylic acids is 2. The molecule has 0 unspecified atom stereocenters. The lowest BCUT2D eigenvalue weighted by molar-refractivity contribution is 0.0632. The third kappa shape index (κ3) is 4.16. The van der Waals surface area contributed by atoms with Gasteiger partial charge >= 0.3 is 0 Å². The van der Waals surface area contributed by atoms with E-state index in [0.717, 1.165) is 23.2 Å². The zero-order valence-corrected chi connectivity index (χ0v) is 18.4. The molecule has 1 aliphatic heterocycles. The molecule has 3 heterocycles. The fourth-order valence-electron chi connectivity index (χ4n) is 4.48. The Morgan fingerprint density at radius 3 is 2.67 bits per heavy atom. The van der Waals surface area contributed by atoms with E-state index in [-0.39, 0.29) is 17.6 Å². The number of nitrogens with zero attached hydrogens (tertiary/aromatic N) is 3. The average Bonchev–Trinajstić information content (AvgIpc) is 3.27. The highest BCUT2D eigenvalue weighted by Gasteiger charge is 2.30. The Morgan fingerprint density at radius 2 is 1.88 bits per heavy atom. The summed E-state index contributed by atoms with van der Waals surface area (Å²) in [7, 11) is 0. The van der Waals surface area contributed by atoms with Gasteiger partial charge in [0, 0.05) is 42.5 Å². The number of hydrogen-bond donors (Lipinski definition) is 0. The summed E-state index contributed by atoms with van der Waals surface area (Å²) in [6.07, 6.45) is 5.00. The van der Waals surface area contributed by atoms with E-state index in [0.29, 0.717) is 36.3 Å². The normalized spacial score (nSPS) is 16.2. The van der Waals surface area contributed by atoms with Crippen LogP contribution >= 0.6 is 0 Å². The van der Waals surface area contributed by atoms with Gasteiger partial charge in [0.1, 0.15) is 17.2 Å². The molecule has 0 bridgehead atoms. The van der Waals surface area contributed by atoms with Crippen molar-refractivity contribution in [1.82, 2.24) is 14.3 Å². The third-order valence-electron chi connectivity index (χ3n) is 6.25. The van der Waals surface area contributed by atoms with E-state index >= 15 is 0 Å². The fraction of sp³-hybridized carbons (Fsp3) is 0.222. The number of likely N-dealkylation sites (tertiary alicyclic amines) is 1. The molecule has 6 heteroatoms. The van der Waals surface area contributed by atoms with Crippen LogP contribution in [0.2, 0.25) is 0 Å². The van der Waals surface area contributed by atoms with E-state index < -0.39 is 5.82 Å². The molecule has 0 saturated carbocycles. The monoisotopic (exact) mass is 441 g/mol. The number of carbonyl (C=O) groups is 2. The van der Waals surface area contributed by atoms with Crippen molar-refractivity contribution < 1.29 is 14.0 Å². The average molecular weight is 442 g/mol. The first-order valence-electron chi connectivity index (χ1n) is 11.1. The number of aromatic nitrogens is 2. The fourth-order valence-corrected chi connectivity index (χ4v) is 4.48. The summed E-state index contributed by atoms with van der Waals surface area (Å²) in [5.74, 6) is -1.09. The predicted octanol–water partition coefficient (Wildman–Crippen LogP) is 5.18. The number of amides is 1. The zero-order valence-electron chi connectivity index (χ0n) is 18.4. The Hall–Kier alpha value is -3.80. The number of piperidine rings is 1. The predicted molar refractivity (Wildman–Crippen MR) is 125 cm³/mol. The molecule has 1 saturated heterocycles. The molecule has 1 aliphatic rings. The van der Waals surface area contributed by atoms with E-state index in [2.05, 4.69) is 4.98 Å². The van der Waals surface area contributed by atoms with Gasteiger partial charge < -0.3 is 9.30 Å². The molecule has 2 aromatic heterocycles. The van der Waals surface area contributed by atoms with Crippen molar-refractivity contribution in [3.05, 3.63) is 95.7 Å². The lowest BCUT2D eigenvalue weighted by Crippen LogP contribution is -2.42. The molecule has 1 amide bonds. The minimum absolute atomic E-state index is 0.128. The van der Waals surface area contributed by atoms with Crippen LogP contribution in [0.25, 0.3) is 16.8 Å². The van der Waals surface area contributed by atoms with Gasteiger partial charge in [-0.25, -0.2) is 9.37 Å². The first kappa shape index (κ1) is 21.1. The van der Waals surface area contributed by atoms with Crippen molar-refractivity contribution in [3.8, 4) is 11.1 Å². The SMILES string of the molecule is Cc1ccn2cc(C(=O)N3CCC[C@@H](C(=O)c4ccc(-c5ccccc5)c(F)c4)C3)nc2c1. The summed E-state index contributed by atoms with van der Waals surface area (Å²) in [4.78, 5) is 32.4. The smallest absolute Gasteiger partial charge is 0.274 e. The summed E-state index contributed by atoms with van der Waals surface area (Å²) in [6.45, 7) is 2.87. The van der Waals surface area contributed by atoms with Crippen LogP contribution in [0.1, 0.15) is 39.3 Å². The number of imidazole rings is 1. The Labute approximate surface area is 191 Å². The van der Waals surface area contributed by atoms with Crippen LogP contribution in [-0.2, 0) is 0 Å².